The molecule has 0 radical (unpaired) electrons. The van der Waals surface area contributed by atoms with Gasteiger partial charge in [0.1, 0.15) is 11.5 Å². The molecule has 0 aliphatic rings. The highest BCUT2D eigenvalue weighted by Crippen LogP contribution is 2.23. The molecule has 4 N–H and O–H groups in total. The normalized spacial score (nSPS) is 11.5. The number of ketones is 1. The maximum atomic E-state index is 13.7. The minimum atomic E-state index is -1.23. The SMILES string of the molecule is CCOC(=O)[C@@H](Sc1nc(N)c(NC(=O)c2ccccc2F)c(=O)[nH]1)C(C)=O. The zero-order valence-corrected chi connectivity index (χ0v) is 15.8. The maximum Gasteiger partial charge on any atom is 0.327 e. The van der Waals surface area contributed by atoms with Crippen molar-refractivity contribution in [2.75, 3.05) is 17.7 Å². The van der Waals surface area contributed by atoms with E-state index in [-0.39, 0.29) is 28.8 Å². The van der Waals surface area contributed by atoms with Gasteiger partial charge in [-0.1, -0.05) is 23.9 Å². The number of nitrogen functional groups attached to an aromatic ring is 1. The Hall–Kier alpha value is -3.21. The number of hydrogen-bond donors (Lipinski definition) is 3. The Morgan fingerprint density at radius 2 is 2.04 bits per heavy atom. The summed E-state index contributed by atoms with van der Waals surface area (Å²) in [5, 5.41) is 0.858. The molecule has 1 heterocycles. The molecular formula is C17H17FN4O5S. The minimum absolute atomic E-state index is 0.0796. The van der Waals surface area contributed by atoms with Gasteiger partial charge in [0, 0.05) is 0 Å². The molecule has 0 saturated carbocycles. The number of thioether (sulfide) groups is 1. The fraction of sp³-hybridized carbons (Fsp3) is 0.235. The molecule has 148 valence electrons. The smallest absolute Gasteiger partial charge is 0.327 e. The quantitative estimate of drug-likeness (QED) is 0.270. The number of hydrogen-bond acceptors (Lipinski definition) is 8. The van der Waals surface area contributed by atoms with Crippen LogP contribution in [-0.4, -0.2) is 39.5 Å². The molecule has 0 unspecified atom stereocenters. The fourth-order valence-corrected chi connectivity index (χ4v) is 2.95. The van der Waals surface area contributed by atoms with Crippen molar-refractivity contribution < 1.29 is 23.5 Å². The zero-order chi connectivity index (χ0) is 20.8. The van der Waals surface area contributed by atoms with Crippen LogP contribution in [0.1, 0.15) is 24.2 Å². The van der Waals surface area contributed by atoms with E-state index in [9.17, 15) is 23.6 Å². The van der Waals surface area contributed by atoms with E-state index >= 15 is 0 Å². The second-order valence-corrected chi connectivity index (χ2v) is 6.52. The molecule has 9 nitrogen and oxygen atoms in total. The average Bonchev–Trinajstić information content (AvgIpc) is 2.62. The molecular weight excluding hydrogens is 391 g/mol. The van der Waals surface area contributed by atoms with E-state index < -0.39 is 34.3 Å². The van der Waals surface area contributed by atoms with Gasteiger partial charge in [-0.25, -0.2) is 9.37 Å². The number of esters is 1. The van der Waals surface area contributed by atoms with Gasteiger partial charge in [-0.2, -0.15) is 0 Å². The van der Waals surface area contributed by atoms with Gasteiger partial charge >= 0.3 is 5.97 Å². The third kappa shape index (κ3) is 4.94. The number of H-pyrrole nitrogens is 1. The fourth-order valence-electron chi connectivity index (χ4n) is 2.10. The van der Waals surface area contributed by atoms with Crippen LogP contribution in [0.15, 0.2) is 34.2 Å². The first-order chi connectivity index (χ1) is 13.2. The monoisotopic (exact) mass is 408 g/mol. The van der Waals surface area contributed by atoms with E-state index in [0.29, 0.717) is 11.8 Å². The molecule has 0 aliphatic heterocycles. The molecule has 1 amide bonds. The van der Waals surface area contributed by atoms with E-state index in [1.807, 2.05) is 0 Å². The van der Waals surface area contributed by atoms with Gasteiger partial charge in [0.25, 0.3) is 11.5 Å². The van der Waals surface area contributed by atoms with Gasteiger partial charge in [-0.3, -0.25) is 24.2 Å². The number of rotatable bonds is 7. The number of nitrogens with zero attached hydrogens (tertiary/aromatic N) is 1. The first-order valence-electron chi connectivity index (χ1n) is 8.04. The van der Waals surface area contributed by atoms with Crippen molar-refractivity contribution in [1.29, 1.82) is 0 Å². The lowest BCUT2D eigenvalue weighted by molar-refractivity contribution is -0.144. The number of halogens is 1. The highest BCUT2D eigenvalue weighted by Gasteiger charge is 2.28. The number of Topliss-reactive ketones (excluding diaryl/α,β-unsaturated/α-hetero) is 1. The summed E-state index contributed by atoms with van der Waals surface area (Å²) in [4.78, 5) is 54.1. The predicted octanol–water partition coefficient (Wildman–Crippen LogP) is 1.36. The van der Waals surface area contributed by atoms with Crippen molar-refractivity contribution in [3.63, 3.8) is 0 Å². The average molecular weight is 408 g/mol. The van der Waals surface area contributed by atoms with Crippen LogP contribution in [0.3, 0.4) is 0 Å². The first-order valence-corrected chi connectivity index (χ1v) is 8.92. The number of benzene rings is 1. The lowest BCUT2D eigenvalue weighted by Gasteiger charge is -2.13. The van der Waals surface area contributed by atoms with Crippen LogP contribution in [0.2, 0.25) is 0 Å². The maximum absolute atomic E-state index is 13.7. The van der Waals surface area contributed by atoms with Crippen LogP contribution < -0.4 is 16.6 Å². The summed E-state index contributed by atoms with van der Waals surface area (Å²) in [6.07, 6.45) is 0. The van der Waals surface area contributed by atoms with E-state index in [0.717, 1.165) is 6.07 Å². The third-order valence-electron chi connectivity index (χ3n) is 3.38. The molecule has 1 aromatic carbocycles. The topological polar surface area (TPSA) is 144 Å². The molecule has 11 heteroatoms. The predicted molar refractivity (Wildman–Crippen MR) is 101 cm³/mol. The van der Waals surface area contributed by atoms with Crippen LogP contribution in [0.4, 0.5) is 15.9 Å². The summed E-state index contributed by atoms with van der Waals surface area (Å²) in [5.41, 5.74) is 4.23. The highest BCUT2D eigenvalue weighted by atomic mass is 32.2. The molecule has 28 heavy (non-hydrogen) atoms. The number of nitrogens with two attached hydrogens (primary N) is 1. The number of aromatic amines is 1. The summed E-state index contributed by atoms with van der Waals surface area (Å²) < 4.78 is 18.5. The number of nitrogens with one attached hydrogen (secondary N) is 2. The Balaban J connectivity index is 2.26. The molecule has 1 aromatic heterocycles. The van der Waals surface area contributed by atoms with Crippen LogP contribution in [0, 0.1) is 5.82 Å². The van der Waals surface area contributed by atoms with Crippen LogP contribution >= 0.6 is 11.8 Å². The summed E-state index contributed by atoms with van der Waals surface area (Å²) in [5.74, 6) is -3.29. The number of carbonyl (C=O) groups is 3. The van der Waals surface area contributed by atoms with Gasteiger partial charge < -0.3 is 15.8 Å². The molecule has 2 rings (SSSR count). The standard InChI is InChI=1S/C17H17FN4O5S/c1-3-27-16(26)12(8(2)23)28-17-21-13(19)11(15(25)22-17)20-14(24)9-6-4-5-7-10(9)18/h4-7,12H,3H2,1-2H3,(H,20,24)(H3,19,21,22,25)/t12-/m0/s1. The third-order valence-corrected chi connectivity index (χ3v) is 4.56. The molecule has 0 saturated heterocycles. The summed E-state index contributed by atoms with van der Waals surface area (Å²) >= 11 is 0.656. The van der Waals surface area contributed by atoms with E-state index in [1.165, 1.54) is 25.1 Å². The number of ether oxygens (including phenoxy) is 1. The molecule has 0 spiro atoms. The van der Waals surface area contributed by atoms with Gasteiger partial charge in [0.05, 0.1) is 12.2 Å². The Morgan fingerprint density at radius 1 is 1.36 bits per heavy atom. The lowest BCUT2D eigenvalue weighted by Crippen LogP contribution is -2.28. The van der Waals surface area contributed by atoms with Crippen molar-refractivity contribution in [3.05, 3.63) is 46.0 Å². The summed E-state index contributed by atoms with van der Waals surface area (Å²) in [7, 11) is 0. The van der Waals surface area contributed by atoms with Crippen LogP contribution in [-0.2, 0) is 14.3 Å². The van der Waals surface area contributed by atoms with E-state index in [4.69, 9.17) is 10.5 Å². The highest BCUT2D eigenvalue weighted by molar-refractivity contribution is 8.01. The molecule has 0 fully saturated rings. The van der Waals surface area contributed by atoms with Crippen LogP contribution in [0.5, 0.6) is 0 Å². The summed E-state index contributed by atoms with van der Waals surface area (Å²) in [6, 6.07) is 5.21. The number of anilines is 2. The van der Waals surface area contributed by atoms with Crippen molar-refractivity contribution in [2.24, 2.45) is 0 Å². The first kappa shape index (κ1) is 21.1. The summed E-state index contributed by atoms with van der Waals surface area (Å²) in [6.45, 7) is 2.86. The van der Waals surface area contributed by atoms with Crippen molar-refractivity contribution >= 4 is 40.9 Å². The van der Waals surface area contributed by atoms with Gasteiger partial charge in [-0.15, -0.1) is 0 Å². The Labute approximate surface area is 162 Å². The second-order valence-electron chi connectivity index (χ2n) is 5.43. The second kappa shape index (κ2) is 9.13. The van der Waals surface area contributed by atoms with E-state index in [2.05, 4.69) is 15.3 Å². The minimum Gasteiger partial charge on any atom is -0.465 e. The van der Waals surface area contributed by atoms with Crippen molar-refractivity contribution in [2.45, 2.75) is 24.3 Å². The molecule has 2 aromatic rings. The van der Waals surface area contributed by atoms with E-state index in [1.54, 1.807) is 6.92 Å². The Kier molecular flexibility index (Phi) is 6.88. The van der Waals surface area contributed by atoms with Gasteiger partial charge in [-0.05, 0) is 26.0 Å². The lowest BCUT2D eigenvalue weighted by atomic mass is 10.2. The Bertz CT molecular complexity index is 978. The molecule has 0 aliphatic carbocycles. The van der Waals surface area contributed by atoms with Crippen molar-refractivity contribution in [1.82, 2.24) is 9.97 Å². The van der Waals surface area contributed by atoms with Gasteiger partial charge in [0.2, 0.25) is 0 Å². The number of carbonyl (C=O) groups excluding carboxylic acids is 3. The number of aromatic nitrogens is 2. The largest absolute Gasteiger partial charge is 0.465 e. The van der Waals surface area contributed by atoms with Crippen LogP contribution in [0.25, 0.3) is 0 Å². The number of amides is 1. The van der Waals surface area contributed by atoms with Crippen molar-refractivity contribution in [3.8, 4) is 0 Å². The zero-order valence-electron chi connectivity index (χ0n) is 14.9. The molecule has 0 bridgehead atoms. The van der Waals surface area contributed by atoms with Gasteiger partial charge in [0.15, 0.2) is 22.0 Å². The molecule has 1 atom stereocenters. The Morgan fingerprint density at radius 3 is 2.61 bits per heavy atom.